The number of aliphatic imine (C=N–C) groups is 1. The molecule has 0 unspecified atom stereocenters. The Hall–Kier alpha value is -1.98. The topological polar surface area (TPSA) is 52.9 Å². The van der Waals surface area contributed by atoms with E-state index in [-0.39, 0.29) is 11.7 Å². The summed E-state index contributed by atoms with van der Waals surface area (Å²) in [5, 5.41) is 10.7. The molecule has 26 heavy (non-hydrogen) atoms. The summed E-state index contributed by atoms with van der Waals surface area (Å²) in [6.07, 6.45) is 5.66. The molecule has 1 heterocycles. The Labute approximate surface area is 162 Å². The molecule has 1 saturated heterocycles. The number of amidine groups is 1. The van der Waals surface area contributed by atoms with E-state index in [1.54, 1.807) is 11.0 Å². The van der Waals surface area contributed by atoms with Crippen LogP contribution in [0.25, 0.3) is 0 Å². The van der Waals surface area contributed by atoms with Gasteiger partial charge in [-0.15, -0.1) is 0 Å². The Morgan fingerprint density at radius 2 is 2.12 bits per heavy atom. The highest BCUT2D eigenvalue weighted by Gasteiger charge is 2.35. The molecule has 0 saturated carbocycles. The van der Waals surface area contributed by atoms with Crippen molar-refractivity contribution in [2.45, 2.75) is 33.1 Å². The second kappa shape index (κ2) is 8.14. The van der Waals surface area contributed by atoms with E-state index in [4.69, 9.17) is 11.6 Å². The molecule has 0 aromatic heterocycles. The number of allylic oxidation sites excluding steroid dienone is 5. The van der Waals surface area contributed by atoms with Gasteiger partial charge < -0.3 is 5.11 Å². The first-order valence-electron chi connectivity index (χ1n) is 8.63. The summed E-state index contributed by atoms with van der Waals surface area (Å²) < 4.78 is 0. The molecule has 0 bridgehead atoms. The Balaban J connectivity index is 1.98. The van der Waals surface area contributed by atoms with Crippen LogP contribution in [-0.4, -0.2) is 22.7 Å². The van der Waals surface area contributed by atoms with E-state index in [1.807, 2.05) is 37.3 Å². The Bertz CT molecular complexity index is 855. The minimum absolute atomic E-state index is 0.0741. The molecule has 0 spiro atoms. The monoisotopic (exact) mass is 388 g/mol. The van der Waals surface area contributed by atoms with Gasteiger partial charge in [0, 0.05) is 13.0 Å². The average molecular weight is 389 g/mol. The number of hydrogen-bond donors (Lipinski definition) is 1. The molecule has 0 radical (unpaired) electrons. The number of para-hydroxylation sites is 1. The number of carbonyl (C=O) groups is 1. The summed E-state index contributed by atoms with van der Waals surface area (Å²) in [6, 6.07) is 7.81. The second-order valence-corrected chi connectivity index (χ2v) is 7.63. The molecular weight excluding hydrogens is 368 g/mol. The van der Waals surface area contributed by atoms with Gasteiger partial charge in [-0.1, -0.05) is 36.7 Å². The molecule has 1 fully saturated rings. The van der Waals surface area contributed by atoms with Crippen LogP contribution in [0.2, 0.25) is 0 Å². The highest BCUT2D eigenvalue weighted by Crippen LogP contribution is 2.38. The highest BCUT2D eigenvalue weighted by molar-refractivity contribution is 8.19. The predicted octanol–water partition coefficient (Wildman–Crippen LogP) is 5.45. The summed E-state index contributed by atoms with van der Waals surface area (Å²) in [7, 11) is 0. The maximum atomic E-state index is 13.1. The molecule has 1 N–H and O–H groups in total. The SMILES string of the molecule is CCC/N=C1\S/C(=C\C2=CC(Cl)=C(O)CC2)C(=O)N1c1ccccc1C. The number of rotatable bonds is 4. The minimum Gasteiger partial charge on any atom is -0.511 e. The van der Waals surface area contributed by atoms with Crippen molar-refractivity contribution < 1.29 is 9.90 Å². The molecule has 1 aromatic carbocycles. The first-order chi connectivity index (χ1) is 12.5. The smallest absolute Gasteiger partial charge is 0.271 e. The highest BCUT2D eigenvalue weighted by atomic mass is 35.5. The summed E-state index contributed by atoms with van der Waals surface area (Å²) >= 11 is 7.42. The van der Waals surface area contributed by atoms with Crippen LogP contribution in [0.3, 0.4) is 0 Å². The average Bonchev–Trinajstić information content (AvgIpc) is 2.92. The molecule has 136 valence electrons. The van der Waals surface area contributed by atoms with Crippen LogP contribution in [-0.2, 0) is 4.79 Å². The summed E-state index contributed by atoms with van der Waals surface area (Å²) in [5.41, 5.74) is 2.82. The van der Waals surface area contributed by atoms with Gasteiger partial charge in [-0.25, -0.2) is 0 Å². The number of benzene rings is 1. The fourth-order valence-corrected chi connectivity index (χ4v) is 4.04. The van der Waals surface area contributed by atoms with Crippen LogP contribution in [0.5, 0.6) is 0 Å². The Morgan fingerprint density at radius 1 is 1.35 bits per heavy atom. The van der Waals surface area contributed by atoms with Gasteiger partial charge in [0.15, 0.2) is 5.17 Å². The molecule has 6 heteroatoms. The maximum absolute atomic E-state index is 13.1. The lowest BCUT2D eigenvalue weighted by atomic mass is 10.0. The Kier molecular flexibility index (Phi) is 5.89. The summed E-state index contributed by atoms with van der Waals surface area (Å²) in [6.45, 7) is 4.73. The maximum Gasteiger partial charge on any atom is 0.271 e. The standard InChI is InChI=1S/C20H21ClN2O2S/c1-3-10-22-20-23(16-7-5-4-6-13(16)2)19(25)18(26-20)12-14-8-9-17(24)15(21)11-14/h4-7,11-12,24H,3,8-10H2,1-2H3/b18-12-,22-20-. The number of anilines is 1. The normalized spacial score (nSPS) is 21.1. The number of halogens is 1. The number of amides is 1. The largest absolute Gasteiger partial charge is 0.511 e. The summed E-state index contributed by atoms with van der Waals surface area (Å²) in [4.78, 5) is 20.0. The van der Waals surface area contributed by atoms with Crippen LogP contribution in [0.4, 0.5) is 5.69 Å². The Morgan fingerprint density at radius 3 is 2.81 bits per heavy atom. The summed E-state index contributed by atoms with van der Waals surface area (Å²) in [5.74, 6) is 0.126. The van der Waals surface area contributed by atoms with Crippen LogP contribution < -0.4 is 4.90 Å². The number of carbonyl (C=O) groups excluding carboxylic acids is 1. The van der Waals surface area contributed by atoms with Crippen molar-refractivity contribution in [2.24, 2.45) is 4.99 Å². The fraction of sp³-hybridized carbons (Fsp3) is 0.300. The van der Waals surface area contributed by atoms with E-state index in [9.17, 15) is 9.90 Å². The molecule has 1 aromatic rings. The first kappa shape index (κ1) is 18.8. The van der Waals surface area contributed by atoms with E-state index in [1.165, 1.54) is 11.8 Å². The lowest BCUT2D eigenvalue weighted by molar-refractivity contribution is -0.113. The van der Waals surface area contributed by atoms with Gasteiger partial charge in [-0.3, -0.25) is 14.7 Å². The van der Waals surface area contributed by atoms with Crippen molar-refractivity contribution in [2.75, 3.05) is 11.4 Å². The fourth-order valence-electron chi connectivity index (χ4n) is 2.80. The van der Waals surface area contributed by atoms with Gasteiger partial charge in [0.05, 0.1) is 15.6 Å². The molecule has 4 nitrogen and oxygen atoms in total. The molecule has 1 amide bonds. The molecule has 3 rings (SSSR count). The van der Waals surface area contributed by atoms with Gasteiger partial charge in [0.25, 0.3) is 5.91 Å². The second-order valence-electron chi connectivity index (χ2n) is 6.22. The number of hydrogen-bond acceptors (Lipinski definition) is 4. The van der Waals surface area contributed by atoms with Crippen LogP contribution in [0.15, 0.2) is 62.7 Å². The predicted molar refractivity (Wildman–Crippen MR) is 110 cm³/mol. The first-order valence-corrected chi connectivity index (χ1v) is 9.83. The van der Waals surface area contributed by atoms with E-state index < -0.39 is 0 Å². The van der Waals surface area contributed by atoms with Crippen molar-refractivity contribution in [1.82, 2.24) is 0 Å². The molecule has 1 aliphatic heterocycles. The zero-order chi connectivity index (χ0) is 18.7. The van der Waals surface area contributed by atoms with Gasteiger partial charge in [-0.2, -0.15) is 0 Å². The third-order valence-electron chi connectivity index (χ3n) is 4.19. The van der Waals surface area contributed by atoms with E-state index in [0.717, 1.165) is 23.2 Å². The van der Waals surface area contributed by atoms with Crippen molar-refractivity contribution in [3.05, 3.63) is 63.3 Å². The van der Waals surface area contributed by atoms with Crippen molar-refractivity contribution in [1.29, 1.82) is 0 Å². The number of aryl methyl sites for hydroxylation is 1. The van der Waals surface area contributed by atoms with Crippen LogP contribution in [0, 0.1) is 6.92 Å². The van der Waals surface area contributed by atoms with Gasteiger partial charge in [-0.05, 0) is 60.9 Å². The number of aliphatic hydroxyl groups excluding tert-OH is 1. The molecule has 1 aliphatic carbocycles. The van der Waals surface area contributed by atoms with Crippen LogP contribution >= 0.6 is 23.4 Å². The van der Waals surface area contributed by atoms with E-state index in [0.29, 0.717) is 34.5 Å². The zero-order valence-electron chi connectivity index (χ0n) is 14.8. The minimum atomic E-state index is -0.0741. The third-order valence-corrected chi connectivity index (χ3v) is 5.52. The van der Waals surface area contributed by atoms with Crippen molar-refractivity contribution in [3.63, 3.8) is 0 Å². The van der Waals surface area contributed by atoms with E-state index >= 15 is 0 Å². The number of aliphatic hydroxyl groups is 1. The van der Waals surface area contributed by atoms with Gasteiger partial charge in [0.2, 0.25) is 0 Å². The van der Waals surface area contributed by atoms with Crippen molar-refractivity contribution >= 4 is 40.1 Å². The number of thioether (sulfide) groups is 1. The van der Waals surface area contributed by atoms with Gasteiger partial charge in [0.1, 0.15) is 5.76 Å². The molecule has 0 atom stereocenters. The molecule has 2 aliphatic rings. The lowest BCUT2D eigenvalue weighted by Gasteiger charge is -2.18. The van der Waals surface area contributed by atoms with Gasteiger partial charge >= 0.3 is 0 Å². The lowest BCUT2D eigenvalue weighted by Crippen LogP contribution is -2.29. The third kappa shape index (κ3) is 3.89. The van der Waals surface area contributed by atoms with Crippen LogP contribution in [0.1, 0.15) is 31.7 Å². The number of nitrogens with zero attached hydrogens (tertiary/aromatic N) is 2. The zero-order valence-corrected chi connectivity index (χ0v) is 16.4. The van der Waals surface area contributed by atoms with Crippen molar-refractivity contribution in [3.8, 4) is 0 Å². The van der Waals surface area contributed by atoms with E-state index in [2.05, 4.69) is 11.9 Å². The quantitative estimate of drug-likeness (QED) is 0.697. The molecular formula is C20H21ClN2O2S.